The molecule has 0 saturated carbocycles. The number of benzene rings is 1. The van der Waals surface area contributed by atoms with Gasteiger partial charge in [0.25, 0.3) is 5.56 Å². The van der Waals surface area contributed by atoms with Crippen LogP contribution in [0.15, 0.2) is 47.5 Å². The average Bonchev–Trinajstić information content (AvgIpc) is 3.11. The molecule has 3 heterocycles. The zero-order valence-electron chi connectivity index (χ0n) is 14.3. The Morgan fingerprint density at radius 3 is 3.00 bits per heavy atom. The number of nitrogens with zero attached hydrogens (tertiary/aromatic N) is 4. The number of hydrogen-bond donors (Lipinski definition) is 1. The van der Waals surface area contributed by atoms with Crippen LogP contribution in [0.5, 0.6) is 0 Å². The monoisotopic (exact) mass is 359 g/mol. The third kappa shape index (κ3) is 2.81. The maximum Gasteiger partial charge on any atom is 0.343 e. The molecule has 0 amide bonds. The van der Waals surface area contributed by atoms with E-state index in [-0.39, 0.29) is 12.1 Å². The lowest BCUT2D eigenvalue weighted by molar-refractivity contribution is 0.0598. The fraction of sp³-hybridized carbons (Fsp3) is 0.105. The highest BCUT2D eigenvalue weighted by molar-refractivity contribution is 6.02. The molecule has 8 heteroatoms. The maximum absolute atomic E-state index is 12.5. The van der Waals surface area contributed by atoms with E-state index in [1.165, 1.54) is 17.7 Å². The molecule has 0 saturated heterocycles. The molecule has 0 aliphatic heterocycles. The van der Waals surface area contributed by atoms with Gasteiger partial charge >= 0.3 is 5.97 Å². The number of nitriles is 1. The van der Waals surface area contributed by atoms with E-state index in [4.69, 9.17) is 5.26 Å². The van der Waals surface area contributed by atoms with E-state index in [2.05, 4.69) is 25.8 Å². The van der Waals surface area contributed by atoms with Gasteiger partial charge in [-0.05, 0) is 30.3 Å². The van der Waals surface area contributed by atoms with Crippen molar-refractivity contribution in [2.24, 2.45) is 0 Å². The lowest BCUT2D eigenvalue weighted by Gasteiger charge is -2.05. The number of H-pyrrole nitrogens is 1. The molecule has 0 fully saturated rings. The first-order valence-corrected chi connectivity index (χ1v) is 8.06. The molecule has 4 aromatic rings. The number of esters is 1. The fourth-order valence-electron chi connectivity index (χ4n) is 2.94. The zero-order valence-corrected chi connectivity index (χ0v) is 14.3. The number of imidazole rings is 1. The fourth-order valence-corrected chi connectivity index (χ4v) is 2.94. The Labute approximate surface area is 152 Å². The van der Waals surface area contributed by atoms with E-state index in [0.717, 1.165) is 10.9 Å². The van der Waals surface area contributed by atoms with Crippen LogP contribution in [-0.2, 0) is 11.3 Å². The van der Waals surface area contributed by atoms with Gasteiger partial charge in [0.15, 0.2) is 0 Å². The van der Waals surface area contributed by atoms with Crippen molar-refractivity contribution in [3.63, 3.8) is 0 Å². The van der Waals surface area contributed by atoms with Gasteiger partial charge in [0, 0.05) is 11.6 Å². The molecule has 0 bridgehead atoms. The van der Waals surface area contributed by atoms with Gasteiger partial charge in [0.05, 0.1) is 48.0 Å². The minimum absolute atomic E-state index is 0.0399. The molecule has 0 unspecified atom stereocenters. The van der Waals surface area contributed by atoms with Gasteiger partial charge in [0.2, 0.25) is 0 Å². The number of aromatic nitrogens is 4. The summed E-state index contributed by atoms with van der Waals surface area (Å²) in [6.07, 6.45) is 3.24. The second-order valence-corrected chi connectivity index (χ2v) is 5.89. The Kier molecular flexibility index (Phi) is 3.90. The lowest BCUT2D eigenvalue weighted by Crippen LogP contribution is -2.26. The van der Waals surface area contributed by atoms with E-state index in [9.17, 15) is 9.59 Å². The molecular formula is C19H13N5O3. The lowest BCUT2D eigenvalue weighted by atomic mass is 10.1. The van der Waals surface area contributed by atoms with Gasteiger partial charge in [-0.3, -0.25) is 9.78 Å². The highest BCUT2D eigenvalue weighted by Crippen LogP contribution is 2.23. The molecule has 0 radical (unpaired) electrons. The van der Waals surface area contributed by atoms with E-state index >= 15 is 0 Å². The normalized spacial score (nSPS) is 10.8. The Morgan fingerprint density at radius 2 is 2.22 bits per heavy atom. The summed E-state index contributed by atoms with van der Waals surface area (Å²) in [6, 6.07) is 10.3. The molecule has 1 N–H and O–H groups in total. The van der Waals surface area contributed by atoms with Crippen LogP contribution in [-0.4, -0.2) is 32.6 Å². The van der Waals surface area contributed by atoms with Crippen LogP contribution in [0.2, 0.25) is 0 Å². The molecular weight excluding hydrogens is 346 g/mol. The smallest absolute Gasteiger partial charge is 0.343 e. The summed E-state index contributed by atoms with van der Waals surface area (Å²) < 4.78 is 6.01. The summed E-state index contributed by atoms with van der Waals surface area (Å²) in [5, 5.41) is 9.87. The molecule has 0 atom stereocenters. The van der Waals surface area contributed by atoms with E-state index in [1.807, 2.05) is 0 Å². The highest BCUT2D eigenvalue weighted by atomic mass is 16.5. The number of methoxy groups -OCH3 is 1. The van der Waals surface area contributed by atoms with E-state index in [1.54, 1.807) is 36.7 Å². The summed E-state index contributed by atoms with van der Waals surface area (Å²) in [5.74, 6) is -0.149. The van der Waals surface area contributed by atoms with E-state index < -0.39 is 11.5 Å². The molecule has 4 rings (SSSR count). The minimum atomic E-state index is -0.682. The third-order valence-corrected chi connectivity index (χ3v) is 4.24. The van der Waals surface area contributed by atoms with Crippen LogP contribution in [0.25, 0.3) is 21.9 Å². The number of aromatic amines is 1. The number of carbonyl (C=O) groups excluding carboxylic acids is 1. The van der Waals surface area contributed by atoms with Crippen molar-refractivity contribution >= 4 is 27.9 Å². The Balaban J connectivity index is 1.80. The van der Waals surface area contributed by atoms with Crippen LogP contribution in [0.3, 0.4) is 0 Å². The first kappa shape index (κ1) is 16.5. The highest BCUT2D eigenvalue weighted by Gasteiger charge is 2.14. The SMILES string of the molecule is COC(=O)c1cccn(Cc2nc3c(cnc4ccc(C#N)cc43)[nH]2)c1=O. The van der Waals surface area contributed by atoms with Crippen molar-refractivity contribution in [2.75, 3.05) is 7.11 Å². The number of rotatable bonds is 3. The summed E-state index contributed by atoms with van der Waals surface area (Å²) in [6.45, 7) is 0.151. The second kappa shape index (κ2) is 6.38. The van der Waals surface area contributed by atoms with E-state index in [0.29, 0.717) is 22.4 Å². The van der Waals surface area contributed by atoms with Gasteiger partial charge in [-0.1, -0.05) is 0 Å². The summed E-state index contributed by atoms with van der Waals surface area (Å²) in [5.41, 5.74) is 2.11. The Bertz CT molecular complexity index is 1300. The Morgan fingerprint density at radius 1 is 1.37 bits per heavy atom. The predicted octanol–water partition coefficient (Wildman–Crippen LogP) is 1.98. The quantitative estimate of drug-likeness (QED) is 0.560. The van der Waals surface area contributed by atoms with Crippen molar-refractivity contribution in [1.29, 1.82) is 5.26 Å². The topological polar surface area (TPSA) is 114 Å². The predicted molar refractivity (Wildman–Crippen MR) is 97.3 cm³/mol. The molecule has 1 aromatic carbocycles. The summed E-state index contributed by atoms with van der Waals surface area (Å²) in [4.78, 5) is 36.2. The van der Waals surface area contributed by atoms with Gasteiger partial charge in [0.1, 0.15) is 11.4 Å². The number of hydrogen-bond acceptors (Lipinski definition) is 6. The van der Waals surface area contributed by atoms with Gasteiger partial charge in [-0.2, -0.15) is 5.26 Å². The van der Waals surface area contributed by atoms with Gasteiger partial charge in [-0.15, -0.1) is 0 Å². The number of pyridine rings is 2. The van der Waals surface area contributed by atoms with Crippen LogP contribution in [0.1, 0.15) is 21.7 Å². The molecule has 0 aliphatic rings. The van der Waals surface area contributed by atoms with Crippen molar-refractivity contribution in [2.45, 2.75) is 6.54 Å². The zero-order chi connectivity index (χ0) is 19.0. The number of fused-ring (bicyclic) bond motifs is 3. The van der Waals surface area contributed by atoms with Crippen LogP contribution >= 0.6 is 0 Å². The van der Waals surface area contributed by atoms with Crippen molar-refractivity contribution in [3.8, 4) is 6.07 Å². The molecule has 3 aromatic heterocycles. The van der Waals surface area contributed by atoms with Crippen LogP contribution in [0, 0.1) is 11.3 Å². The van der Waals surface area contributed by atoms with Crippen molar-refractivity contribution < 1.29 is 9.53 Å². The first-order chi connectivity index (χ1) is 13.1. The maximum atomic E-state index is 12.5. The molecule has 8 nitrogen and oxygen atoms in total. The summed E-state index contributed by atoms with van der Waals surface area (Å²) >= 11 is 0. The van der Waals surface area contributed by atoms with Crippen LogP contribution in [0.4, 0.5) is 0 Å². The summed E-state index contributed by atoms with van der Waals surface area (Å²) in [7, 11) is 1.23. The van der Waals surface area contributed by atoms with Crippen molar-refractivity contribution in [1.82, 2.24) is 19.5 Å². The third-order valence-electron chi connectivity index (χ3n) is 4.24. The standard InChI is InChI=1S/C19H13N5O3/c1-27-19(26)12-3-2-6-24(18(12)25)10-16-22-15-9-21-14-5-4-11(8-20)7-13(14)17(15)23-16/h2-7,9H,10H2,1H3,(H,22,23). The van der Waals surface area contributed by atoms with Crippen molar-refractivity contribution in [3.05, 3.63) is 70.0 Å². The molecule has 27 heavy (non-hydrogen) atoms. The average molecular weight is 359 g/mol. The minimum Gasteiger partial charge on any atom is -0.465 e. The number of nitrogens with one attached hydrogen (secondary N) is 1. The Hall–Kier alpha value is -3.99. The molecule has 132 valence electrons. The molecule has 0 aliphatic carbocycles. The largest absolute Gasteiger partial charge is 0.465 e. The number of ether oxygens (including phenoxy) is 1. The molecule has 0 spiro atoms. The van der Waals surface area contributed by atoms with Crippen LogP contribution < -0.4 is 5.56 Å². The van der Waals surface area contributed by atoms with Gasteiger partial charge < -0.3 is 14.3 Å². The first-order valence-electron chi connectivity index (χ1n) is 8.06. The number of carbonyl (C=O) groups is 1. The van der Waals surface area contributed by atoms with Gasteiger partial charge in [-0.25, -0.2) is 9.78 Å². The second-order valence-electron chi connectivity index (χ2n) is 5.89.